The summed E-state index contributed by atoms with van der Waals surface area (Å²) >= 11 is 1.37. The summed E-state index contributed by atoms with van der Waals surface area (Å²) in [6.45, 7) is 5.80. The van der Waals surface area contributed by atoms with Crippen LogP contribution in [0.3, 0.4) is 0 Å². The summed E-state index contributed by atoms with van der Waals surface area (Å²) in [6, 6.07) is 11.5. The Balaban J connectivity index is 1.66. The fourth-order valence-corrected chi connectivity index (χ4v) is 4.30. The Labute approximate surface area is 154 Å². The number of H-pyrrole nitrogens is 1. The smallest absolute Gasteiger partial charge is 0.298 e. The van der Waals surface area contributed by atoms with Gasteiger partial charge in [0.25, 0.3) is 11.7 Å². The molecule has 4 aromatic rings. The number of benzene rings is 2. The number of Topliss-reactive ketones (excluding diaryl/α,β-unsaturated/α-hetero) is 1. The molecule has 0 spiro atoms. The Bertz CT molecular complexity index is 1190. The number of ketones is 1. The van der Waals surface area contributed by atoms with Crippen LogP contribution in [-0.4, -0.2) is 21.7 Å². The SMILES string of the molecule is Cc1cc(C)c2nc(NC(=O)C(=O)c3c(C)[nH]c4ccccc34)sc2c1. The van der Waals surface area contributed by atoms with E-state index in [4.69, 9.17) is 0 Å². The number of fused-ring (bicyclic) bond motifs is 2. The van der Waals surface area contributed by atoms with E-state index >= 15 is 0 Å². The van der Waals surface area contributed by atoms with E-state index < -0.39 is 11.7 Å². The molecule has 0 atom stereocenters. The van der Waals surface area contributed by atoms with Gasteiger partial charge in [-0.3, -0.25) is 14.9 Å². The third kappa shape index (κ3) is 2.68. The number of hydrogen-bond acceptors (Lipinski definition) is 4. The summed E-state index contributed by atoms with van der Waals surface area (Å²) in [7, 11) is 0. The maximum absolute atomic E-state index is 12.7. The van der Waals surface area contributed by atoms with Crippen molar-refractivity contribution < 1.29 is 9.59 Å². The molecule has 0 aliphatic rings. The number of carbonyl (C=O) groups excluding carboxylic acids is 2. The number of anilines is 1. The van der Waals surface area contributed by atoms with Gasteiger partial charge in [-0.15, -0.1) is 0 Å². The van der Waals surface area contributed by atoms with Gasteiger partial charge >= 0.3 is 0 Å². The van der Waals surface area contributed by atoms with E-state index in [1.807, 2.05) is 50.2 Å². The predicted molar refractivity (Wildman–Crippen MR) is 105 cm³/mol. The lowest BCUT2D eigenvalue weighted by Gasteiger charge is -2.01. The molecule has 0 unspecified atom stereocenters. The second-order valence-corrected chi connectivity index (χ2v) is 7.43. The zero-order chi connectivity index (χ0) is 18.4. The highest BCUT2D eigenvalue weighted by atomic mass is 32.1. The highest BCUT2D eigenvalue weighted by molar-refractivity contribution is 7.22. The number of rotatable bonds is 3. The fraction of sp³-hybridized carbons (Fsp3) is 0.150. The van der Waals surface area contributed by atoms with Crippen LogP contribution in [0.1, 0.15) is 27.2 Å². The molecule has 0 bridgehead atoms. The van der Waals surface area contributed by atoms with E-state index in [1.54, 1.807) is 6.92 Å². The molecule has 26 heavy (non-hydrogen) atoms. The summed E-state index contributed by atoms with van der Waals surface area (Å²) in [5, 5.41) is 3.85. The number of carbonyl (C=O) groups is 2. The molecule has 2 heterocycles. The zero-order valence-electron chi connectivity index (χ0n) is 14.6. The molecular weight excluding hydrogens is 346 g/mol. The van der Waals surface area contributed by atoms with Crippen molar-refractivity contribution in [3.63, 3.8) is 0 Å². The minimum absolute atomic E-state index is 0.409. The lowest BCUT2D eigenvalue weighted by atomic mass is 10.1. The first-order valence-electron chi connectivity index (χ1n) is 8.25. The average Bonchev–Trinajstić information content (AvgIpc) is 3.13. The first-order valence-corrected chi connectivity index (χ1v) is 9.06. The lowest BCUT2D eigenvalue weighted by molar-refractivity contribution is -0.112. The van der Waals surface area contributed by atoms with Crippen LogP contribution in [0.5, 0.6) is 0 Å². The summed E-state index contributed by atoms with van der Waals surface area (Å²) in [5.74, 6) is -1.24. The van der Waals surface area contributed by atoms with E-state index in [1.165, 1.54) is 11.3 Å². The van der Waals surface area contributed by atoms with Crippen LogP contribution in [0.15, 0.2) is 36.4 Å². The van der Waals surface area contributed by atoms with Crippen molar-refractivity contribution in [1.29, 1.82) is 0 Å². The molecule has 6 heteroatoms. The molecule has 0 radical (unpaired) electrons. The first kappa shape index (κ1) is 16.5. The van der Waals surface area contributed by atoms with Crippen molar-refractivity contribution in [2.45, 2.75) is 20.8 Å². The van der Waals surface area contributed by atoms with Crippen molar-refractivity contribution in [2.75, 3.05) is 5.32 Å². The number of nitrogens with zero attached hydrogens (tertiary/aromatic N) is 1. The predicted octanol–water partition coefficient (Wildman–Crippen LogP) is 4.52. The monoisotopic (exact) mass is 363 g/mol. The van der Waals surface area contributed by atoms with Gasteiger partial charge < -0.3 is 4.98 Å². The Kier molecular flexibility index (Phi) is 3.85. The highest BCUT2D eigenvalue weighted by Gasteiger charge is 2.23. The van der Waals surface area contributed by atoms with Gasteiger partial charge in [-0.1, -0.05) is 35.6 Å². The van der Waals surface area contributed by atoms with Crippen LogP contribution in [-0.2, 0) is 4.79 Å². The highest BCUT2D eigenvalue weighted by Crippen LogP contribution is 2.30. The van der Waals surface area contributed by atoms with E-state index in [0.717, 1.165) is 32.2 Å². The van der Waals surface area contributed by atoms with Crippen molar-refractivity contribution in [1.82, 2.24) is 9.97 Å². The van der Waals surface area contributed by atoms with E-state index in [9.17, 15) is 9.59 Å². The maximum Gasteiger partial charge on any atom is 0.298 e. The number of hydrogen-bond donors (Lipinski definition) is 2. The summed E-state index contributed by atoms with van der Waals surface area (Å²) in [4.78, 5) is 32.9. The van der Waals surface area contributed by atoms with Gasteiger partial charge in [-0.2, -0.15) is 0 Å². The molecule has 2 N–H and O–H groups in total. The van der Waals surface area contributed by atoms with Crippen molar-refractivity contribution in [3.05, 3.63) is 58.8 Å². The molecule has 2 aromatic carbocycles. The first-order chi connectivity index (χ1) is 12.4. The third-order valence-corrected chi connectivity index (χ3v) is 5.29. The fourth-order valence-electron chi connectivity index (χ4n) is 3.26. The van der Waals surface area contributed by atoms with Crippen LogP contribution < -0.4 is 5.32 Å². The van der Waals surface area contributed by atoms with Crippen molar-refractivity contribution >= 4 is 49.3 Å². The molecule has 5 nitrogen and oxygen atoms in total. The Hall–Kier alpha value is -2.99. The normalized spacial score (nSPS) is 11.2. The number of aromatic nitrogens is 2. The van der Waals surface area contributed by atoms with Gasteiger partial charge in [0.1, 0.15) is 0 Å². The van der Waals surface area contributed by atoms with Crippen LogP contribution in [0.25, 0.3) is 21.1 Å². The van der Waals surface area contributed by atoms with Crippen LogP contribution in [0.4, 0.5) is 5.13 Å². The largest absolute Gasteiger partial charge is 0.358 e. The van der Waals surface area contributed by atoms with Gasteiger partial charge in [0.05, 0.1) is 15.8 Å². The molecule has 0 saturated heterocycles. The molecule has 0 fully saturated rings. The average molecular weight is 363 g/mol. The van der Waals surface area contributed by atoms with Gasteiger partial charge in [-0.25, -0.2) is 4.98 Å². The van der Waals surface area contributed by atoms with Gasteiger partial charge in [-0.05, 0) is 44.0 Å². The van der Waals surface area contributed by atoms with Crippen LogP contribution in [0, 0.1) is 20.8 Å². The lowest BCUT2D eigenvalue weighted by Crippen LogP contribution is -2.23. The van der Waals surface area contributed by atoms with Crippen LogP contribution >= 0.6 is 11.3 Å². The quantitative estimate of drug-likeness (QED) is 0.415. The minimum atomic E-state index is -0.675. The standard InChI is InChI=1S/C20H17N3O2S/c1-10-8-11(2)17-15(9-10)26-20(22-17)23-19(25)18(24)16-12(3)21-14-7-5-4-6-13(14)16/h4-9,21H,1-3H3,(H,22,23,25). The molecule has 0 saturated carbocycles. The van der Waals surface area contributed by atoms with Crippen molar-refractivity contribution in [2.24, 2.45) is 0 Å². The van der Waals surface area contributed by atoms with Gasteiger partial charge in [0.2, 0.25) is 0 Å². The topological polar surface area (TPSA) is 74.8 Å². The Morgan fingerprint density at radius 1 is 1.12 bits per heavy atom. The van der Waals surface area contributed by atoms with E-state index in [-0.39, 0.29) is 0 Å². The number of para-hydroxylation sites is 1. The van der Waals surface area contributed by atoms with Crippen LogP contribution in [0.2, 0.25) is 0 Å². The molecule has 1 amide bonds. The van der Waals surface area contributed by atoms with Gasteiger partial charge in [0.15, 0.2) is 5.13 Å². The number of aryl methyl sites for hydroxylation is 3. The Morgan fingerprint density at radius 3 is 2.69 bits per heavy atom. The Morgan fingerprint density at radius 2 is 1.88 bits per heavy atom. The second-order valence-electron chi connectivity index (χ2n) is 6.40. The number of amides is 1. The van der Waals surface area contributed by atoms with Crippen molar-refractivity contribution in [3.8, 4) is 0 Å². The maximum atomic E-state index is 12.7. The zero-order valence-corrected chi connectivity index (χ0v) is 15.5. The number of nitrogens with one attached hydrogen (secondary N) is 2. The van der Waals surface area contributed by atoms with E-state index in [2.05, 4.69) is 15.3 Å². The second kappa shape index (κ2) is 6.07. The minimum Gasteiger partial charge on any atom is -0.358 e. The molecule has 2 aromatic heterocycles. The third-order valence-electron chi connectivity index (χ3n) is 4.38. The molecule has 130 valence electrons. The number of aromatic amines is 1. The summed E-state index contributed by atoms with van der Waals surface area (Å²) in [6.07, 6.45) is 0. The molecule has 0 aliphatic heterocycles. The molecule has 0 aliphatic carbocycles. The molecule has 4 rings (SSSR count). The number of thiazole rings is 1. The summed E-state index contributed by atoms with van der Waals surface area (Å²) in [5.41, 5.74) is 4.98. The summed E-state index contributed by atoms with van der Waals surface area (Å²) < 4.78 is 0.994. The van der Waals surface area contributed by atoms with Gasteiger partial charge in [0, 0.05) is 16.6 Å². The van der Waals surface area contributed by atoms with E-state index in [0.29, 0.717) is 16.4 Å². The molecular formula is C20H17N3O2S.